The van der Waals surface area contributed by atoms with E-state index in [9.17, 15) is 9.59 Å². The molecular formula is C12H22O4. The fourth-order valence-corrected chi connectivity index (χ4v) is 2.29. The van der Waals surface area contributed by atoms with Gasteiger partial charge in [0.15, 0.2) is 0 Å². The van der Waals surface area contributed by atoms with Crippen LogP contribution in [0.4, 0.5) is 0 Å². The van der Waals surface area contributed by atoms with Gasteiger partial charge in [0, 0.05) is 0 Å². The lowest BCUT2D eigenvalue weighted by atomic mass is 9.75. The minimum absolute atomic E-state index is 0. The molecule has 1 fully saturated rings. The molecule has 4 heteroatoms. The lowest BCUT2D eigenvalue weighted by molar-refractivity contribution is -0.164. The van der Waals surface area contributed by atoms with E-state index >= 15 is 0 Å². The second-order valence-electron chi connectivity index (χ2n) is 5.07. The van der Waals surface area contributed by atoms with Crippen LogP contribution in [0.15, 0.2) is 0 Å². The van der Waals surface area contributed by atoms with Crippen molar-refractivity contribution in [1.82, 2.24) is 0 Å². The Labute approximate surface area is 96.7 Å². The average Bonchev–Trinajstić information content (AvgIpc) is 2.17. The van der Waals surface area contributed by atoms with E-state index in [1.165, 1.54) is 0 Å². The molecule has 0 radical (unpaired) electrons. The number of ether oxygens (including phenoxy) is 1. The minimum Gasteiger partial charge on any atom is -0.454 e. The third kappa shape index (κ3) is 3.93. The second-order valence-corrected chi connectivity index (χ2v) is 5.07. The van der Waals surface area contributed by atoms with Crippen molar-refractivity contribution in [3.8, 4) is 0 Å². The van der Waals surface area contributed by atoms with E-state index < -0.39 is 11.6 Å². The van der Waals surface area contributed by atoms with Gasteiger partial charge in [-0.15, -0.1) is 0 Å². The summed E-state index contributed by atoms with van der Waals surface area (Å²) in [6.07, 6.45) is 4.16. The lowest BCUT2D eigenvalue weighted by Crippen LogP contribution is -2.37. The van der Waals surface area contributed by atoms with Crippen molar-refractivity contribution >= 4 is 12.3 Å². The number of carbonyl (C=O) groups excluding carboxylic acids is 2. The predicted octanol–water partition coefficient (Wildman–Crippen LogP) is 1.51. The summed E-state index contributed by atoms with van der Waals surface area (Å²) in [5.41, 5.74) is -0.413. The molecule has 0 atom stereocenters. The molecule has 4 nitrogen and oxygen atoms in total. The monoisotopic (exact) mass is 230 g/mol. The molecule has 0 amide bonds. The third-order valence-electron chi connectivity index (χ3n) is 3.47. The highest BCUT2D eigenvalue weighted by molar-refractivity contribution is 6.20. The van der Waals surface area contributed by atoms with Crippen LogP contribution in [-0.4, -0.2) is 23.3 Å². The van der Waals surface area contributed by atoms with E-state index in [1.54, 1.807) is 0 Å². The van der Waals surface area contributed by atoms with Gasteiger partial charge in [0.25, 0.3) is 0 Å². The van der Waals surface area contributed by atoms with E-state index in [-0.39, 0.29) is 11.8 Å². The molecule has 0 aromatic heterocycles. The molecule has 1 aliphatic carbocycles. The zero-order valence-corrected chi connectivity index (χ0v) is 10.3. The molecular weight excluding hydrogens is 208 g/mol. The van der Waals surface area contributed by atoms with Gasteiger partial charge in [0.2, 0.25) is 6.29 Å². The summed E-state index contributed by atoms with van der Waals surface area (Å²) in [5, 5.41) is 0. The Morgan fingerprint density at radius 3 is 2.25 bits per heavy atom. The summed E-state index contributed by atoms with van der Waals surface area (Å²) in [7, 11) is 0. The van der Waals surface area contributed by atoms with Crippen molar-refractivity contribution in [3.05, 3.63) is 0 Å². The molecule has 0 heterocycles. The van der Waals surface area contributed by atoms with Gasteiger partial charge in [-0.2, -0.15) is 0 Å². The Bertz CT molecular complexity index is 239. The summed E-state index contributed by atoms with van der Waals surface area (Å²) in [4.78, 5) is 21.1. The average molecular weight is 230 g/mol. The van der Waals surface area contributed by atoms with Crippen LogP contribution in [0.5, 0.6) is 0 Å². The maximum absolute atomic E-state index is 10.9. The Hall–Kier alpha value is -0.900. The Balaban J connectivity index is 0.00000225. The topological polar surface area (TPSA) is 74.9 Å². The van der Waals surface area contributed by atoms with E-state index in [0.29, 0.717) is 5.92 Å². The van der Waals surface area contributed by atoms with E-state index in [4.69, 9.17) is 4.74 Å². The first-order valence-corrected chi connectivity index (χ1v) is 5.65. The summed E-state index contributed by atoms with van der Waals surface area (Å²) < 4.78 is 5.15. The molecule has 0 aliphatic heterocycles. The summed E-state index contributed by atoms with van der Waals surface area (Å²) in [6.45, 7) is 6.38. The number of aldehydes is 1. The highest BCUT2D eigenvalue weighted by atomic mass is 16.6. The summed E-state index contributed by atoms with van der Waals surface area (Å²) in [5.74, 6) is 0.685. The van der Waals surface area contributed by atoms with Crippen LogP contribution < -0.4 is 0 Å². The Morgan fingerprint density at radius 1 is 1.38 bits per heavy atom. The van der Waals surface area contributed by atoms with Gasteiger partial charge in [-0.25, -0.2) is 4.79 Å². The molecule has 0 aromatic carbocycles. The van der Waals surface area contributed by atoms with Gasteiger partial charge >= 0.3 is 5.97 Å². The van der Waals surface area contributed by atoms with E-state index in [1.807, 2.05) is 6.92 Å². The molecule has 1 rings (SSSR count). The van der Waals surface area contributed by atoms with Crippen molar-refractivity contribution in [2.45, 2.75) is 52.1 Å². The number of hydrogen-bond acceptors (Lipinski definition) is 3. The minimum atomic E-state index is -0.736. The molecule has 0 unspecified atom stereocenters. The van der Waals surface area contributed by atoms with Gasteiger partial charge in [-0.3, -0.25) is 4.79 Å². The molecule has 1 saturated carbocycles. The third-order valence-corrected chi connectivity index (χ3v) is 3.47. The van der Waals surface area contributed by atoms with Crippen molar-refractivity contribution in [2.75, 3.05) is 0 Å². The van der Waals surface area contributed by atoms with Gasteiger partial charge < -0.3 is 10.2 Å². The van der Waals surface area contributed by atoms with Crippen LogP contribution in [0, 0.1) is 11.8 Å². The Kier molecular flexibility index (Phi) is 5.65. The fraction of sp³-hybridized carbons (Fsp3) is 0.833. The first kappa shape index (κ1) is 15.1. The second kappa shape index (κ2) is 5.99. The van der Waals surface area contributed by atoms with Gasteiger partial charge in [0.05, 0.1) is 0 Å². The largest absolute Gasteiger partial charge is 0.454 e. The number of esters is 1. The molecule has 0 saturated heterocycles. The van der Waals surface area contributed by atoms with Crippen LogP contribution in [0.1, 0.15) is 46.5 Å². The van der Waals surface area contributed by atoms with Crippen LogP contribution >= 0.6 is 0 Å². The van der Waals surface area contributed by atoms with Crippen molar-refractivity contribution < 1.29 is 19.8 Å². The molecule has 0 bridgehead atoms. The standard InChI is InChI=1S/C12H20O3.H2O/c1-9(2)10-4-6-12(3,7-5-10)15-11(14)8-13;/h8-10H,4-7H2,1-3H3;1H2. The highest BCUT2D eigenvalue weighted by Gasteiger charge is 2.35. The smallest absolute Gasteiger partial charge is 0.371 e. The maximum Gasteiger partial charge on any atom is 0.371 e. The molecule has 0 aromatic rings. The number of carbonyl (C=O) groups is 2. The quantitative estimate of drug-likeness (QED) is 0.419. The van der Waals surface area contributed by atoms with Crippen LogP contribution in [0.3, 0.4) is 0 Å². The van der Waals surface area contributed by atoms with Crippen molar-refractivity contribution in [2.24, 2.45) is 11.8 Å². The lowest BCUT2D eigenvalue weighted by Gasteiger charge is -2.37. The fourth-order valence-electron chi connectivity index (χ4n) is 2.29. The number of hydrogen-bond donors (Lipinski definition) is 0. The molecule has 2 N–H and O–H groups in total. The predicted molar refractivity (Wildman–Crippen MR) is 61.0 cm³/mol. The molecule has 1 aliphatic rings. The first-order chi connectivity index (χ1) is 6.97. The summed E-state index contributed by atoms with van der Waals surface area (Å²) >= 11 is 0. The van der Waals surface area contributed by atoms with Crippen molar-refractivity contribution in [1.29, 1.82) is 0 Å². The van der Waals surface area contributed by atoms with E-state index in [2.05, 4.69) is 13.8 Å². The maximum atomic E-state index is 10.9. The SMILES string of the molecule is CC(C)C1CCC(C)(OC(=O)C=O)CC1.O. The summed E-state index contributed by atoms with van der Waals surface area (Å²) in [6, 6.07) is 0. The number of rotatable bonds is 3. The zero-order valence-electron chi connectivity index (χ0n) is 10.3. The van der Waals surface area contributed by atoms with Crippen LogP contribution in [0.2, 0.25) is 0 Å². The van der Waals surface area contributed by atoms with E-state index in [0.717, 1.165) is 31.6 Å². The first-order valence-electron chi connectivity index (χ1n) is 5.65. The molecule has 94 valence electrons. The normalized spacial score (nSPS) is 29.4. The van der Waals surface area contributed by atoms with Crippen molar-refractivity contribution in [3.63, 3.8) is 0 Å². The molecule has 0 spiro atoms. The van der Waals surface area contributed by atoms with Gasteiger partial charge in [-0.05, 0) is 44.4 Å². The van der Waals surface area contributed by atoms with Gasteiger partial charge in [-0.1, -0.05) is 13.8 Å². The Morgan fingerprint density at radius 2 is 1.88 bits per heavy atom. The zero-order chi connectivity index (χ0) is 11.5. The highest BCUT2D eigenvalue weighted by Crippen LogP contribution is 2.37. The van der Waals surface area contributed by atoms with Crippen LogP contribution in [0.25, 0.3) is 0 Å². The molecule has 16 heavy (non-hydrogen) atoms. The van der Waals surface area contributed by atoms with Gasteiger partial charge in [0.1, 0.15) is 5.60 Å². The van der Waals surface area contributed by atoms with Crippen LogP contribution in [-0.2, 0) is 14.3 Å².